The zero-order valence-electron chi connectivity index (χ0n) is 11.7. The summed E-state index contributed by atoms with van der Waals surface area (Å²) in [6, 6.07) is 12.5. The molecule has 0 unspecified atom stereocenters. The van der Waals surface area contributed by atoms with E-state index in [9.17, 15) is 10.1 Å². The lowest BCUT2D eigenvalue weighted by Gasteiger charge is -2.20. The molecule has 0 spiro atoms. The number of para-hydroxylation sites is 2. The van der Waals surface area contributed by atoms with Crippen LogP contribution in [0.5, 0.6) is 5.75 Å². The van der Waals surface area contributed by atoms with Gasteiger partial charge in [-0.05, 0) is 18.2 Å². The Bertz CT molecular complexity index is 661. The van der Waals surface area contributed by atoms with Gasteiger partial charge in [-0.2, -0.15) is 0 Å². The summed E-state index contributed by atoms with van der Waals surface area (Å²) < 4.78 is 5.30. The van der Waals surface area contributed by atoms with Crippen molar-refractivity contribution in [3.63, 3.8) is 0 Å². The van der Waals surface area contributed by atoms with E-state index in [0.29, 0.717) is 12.2 Å². The van der Waals surface area contributed by atoms with E-state index < -0.39 is 4.92 Å². The molecule has 110 valence electrons. The summed E-state index contributed by atoms with van der Waals surface area (Å²) in [4.78, 5) is 12.5. The van der Waals surface area contributed by atoms with Gasteiger partial charge in [0.05, 0.1) is 12.0 Å². The fraction of sp³-hybridized carbons (Fsp3) is 0.200. The van der Waals surface area contributed by atoms with Crippen LogP contribution in [0.1, 0.15) is 5.56 Å². The van der Waals surface area contributed by atoms with Crippen molar-refractivity contribution in [1.29, 1.82) is 0 Å². The van der Waals surface area contributed by atoms with E-state index >= 15 is 0 Å². The van der Waals surface area contributed by atoms with Crippen LogP contribution in [0.3, 0.4) is 0 Å². The molecule has 0 bridgehead atoms. The third-order valence-electron chi connectivity index (χ3n) is 3.16. The zero-order chi connectivity index (χ0) is 15.4. The van der Waals surface area contributed by atoms with Crippen LogP contribution in [-0.4, -0.2) is 19.1 Å². The van der Waals surface area contributed by atoms with Gasteiger partial charge >= 0.3 is 5.69 Å². The van der Waals surface area contributed by atoms with Crippen molar-refractivity contribution < 1.29 is 9.66 Å². The Kier molecular flexibility index (Phi) is 4.65. The number of nitro groups is 1. The van der Waals surface area contributed by atoms with Gasteiger partial charge in [0.2, 0.25) is 0 Å². The van der Waals surface area contributed by atoms with Crippen molar-refractivity contribution in [2.45, 2.75) is 6.54 Å². The lowest BCUT2D eigenvalue weighted by Crippen LogP contribution is -2.18. The number of anilines is 1. The van der Waals surface area contributed by atoms with Crippen LogP contribution >= 0.6 is 11.6 Å². The van der Waals surface area contributed by atoms with Crippen LogP contribution in [-0.2, 0) is 6.54 Å². The van der Waals surface area contributed by atoms with E-state index in [1.165, 1.54) is 6.07 Å². The van der Waals surface area contributed by atoms with Crippen LogP contribution < -0.4 is 9.64 Å². The van der Waals surface area contributed by atoms with Crippen molar-refractivity contribution >= 4 is 23.0 Å². The summed E-state index contributed by atoms with van der Waals surface area (Å²) >= 11 is 5.94. The fourth-order valence-corrected chi connectivity index (χ4v) is 2.41. The first kappa shape index (κ1) is 15.1. The lowest BCUT2D eigenvalue weighted by molar-refractivity contribution is -0.384. The second-order valence-corrected chi connectivity index (χ2v) is 4.94. The first-order valence-corrected chi connectivity index (χ1v) is 6.68. The number of methoxy groups -OCH3 is 1. The molecule has 0 aliphatic rings. The summed E-state index contributed by atoms with van der Waals surface area (Å²) in [7, 11) is 3.38. The number of hydrogen-bond acceptors (Lipinski definition) is 4. The molecule has 0 fully saturated rings. The van der Waals surface area contributed by atoms with Crippen LogP contribution in [0, 0.1) is 10.1 Å². The number of nitrogens with zero attached hydrogens (tertiary/aromatic N) is 2. The van der Waals surface area contributed by atoms with Gasteiger partial charge < -0.3 is 9.64 Å². The first-order valence-electron chi connectivity index (χ1n) is 6.30. The molecule has 0 saturated carbocycles. The second kappa shape index (κ2) is 6.45. The molecule has 0 saturated heterocycles. The first-order chi connectivity index (χ1) is 10.0. The average Bonchev–Trinajstić information content (AvgIpc) is 2.47. The van der Waals surface area contributed by atoms with Crippen LogP contribution in [0.4, 0.5) is 11.4 Å². The van der Waals surface area contributed by atoms with Crippen LogP contribution in [0.2, 0.25) is 5.02 Å². The molecule has 21 heavy (non-hydrogen) atoms. The predicted octanol–water partition coefficient (Wildman–Crippen LogP) is 3.89. The van der Waals surface area contributed by atoms with Crippen molar-refractivity contribution in [2.75, 3.05) is 19.1 Å². The number of halogens is 1. The van der Waals surface area contributed by atoms with Gasteiger partial charge in [-0.15, -0.1) is 0 Å². The minimum Gasteiger partial charge on any atom is -0.496 e. The number of benzene rings is 2. The second-order valence-electron chi connectivity index (χ2n) is 4.53. The van der Waals surface area contributed by atoms with E-state index in [1.54, 1.807) is 31.2 Å². The molecular formula is C15H15ClN2O3. The molecule has 2 aromatic carbocycles. The van der Waals surface area contributed by atoms with Crippen LogP contribution in [0.25, 0.3) is 0 Å². The quantitative estimate of drug-likeness (QED) is 0.621. The topological polar surface area (TPSA) is 55.6 Å². The molecule has 0 atom stereocenters. The summed E-state index contributed by atoms with van der Waals surface area (Å²) in [6.07, 6.45) is 0. The third-order valence-corrected chi connectivity index (χ3v) is 3.46. The van der Waals surface area contributed by atoms with Gasteiger partial charge in [-0.25, -0.2) is 0 Å². The number of nitro benzene ring substituents is 1. The van der Waals surface area contributed by atoms with E-state index in [4.69, 9.17) is 16.3 Å². The van der Waals surface area contributed by atoms with Crippen molar-refractivity contribution in [2.24, 2.45) is 0 Å². The number of ether oxygens (including phenoxy) is 1. The van der Waals surface area contributed by atoms with Crippen molar-refractivity contribution in [3.05, 3.63) is 63.2 Å². The van der Waals surface area contributed by atoms with E-state index in [0.717, 1.165) is 11.3 Å². The summed E-state index contributed by atoms with van der Waals surface area (Å²) in [6.45, 7) is 0.477. The highest BCUT2D eigenvalue weighted by Gasteiger charge is 2.21. The Morgan fingerprint density at radius 3 is 2.62 bits per heavy atom. The molecule has 5 nitrogen and oxygen atoms in total. The van der Waals surface area contributed by atoms with E-state index in [-0.39, 0.29) is 10.7 Å². The number of hydrogen-bond donors (Lipinski definition) is 0. The van der Waals surface area contributed by atoms with Gasteiger partial charge in [0, 0.05) is 19.2 Å². The van der Waals surface area contributed by atoms with Gasteiger partial charge in [0.25, 0.3) is 0 Å². The van der Waals surface area contributed by atoms with Gasteiger partial charge in [-0.3, -0.25) is 10.1 Å². The molecule has 0 amide bonds. The van der Waals surface area contributed by atoms with E-state index in [2.05, 4.69) is 0 Å². The summed E-state index contributed by atoms with van der Waals surface area (Å²) in [5, 5.41) is 11.3. The molecule has 0 aliphatic heterocycles. The molecule has 0 aliphatic carbocycles. The monoisotopic (exact) mass is 306 g/mol. The highest BCUT2D eigenvalue weighted by Crippen LogP contribution is 2.35. The molecule has 0 N–H and O–H groups in total. The van der Waals surface area contributed by atoms with Crippen molar-refractivity contribution in [3.8, 4) is 5.75 Å². The third kappa shape index (κ3) is 3.25. The van der Waals surface area contributed by atoms with Crippen molar-refractivity contribution in [1.82, 2.24) is 0 Å². The zero-order valence-corrected chi connectivity index (χ0v) is 12.5. The summed E-state index contributed by atoms with van der Waals surface area (Å²) in [5.41, 5.74) is 1.33. The van der Waals surface area contributed by atoms with E-state index in [1.807, 2.05) is 24.3 Å². The molecule has 0 heterocycles. The van der Waals surface area contributed by atoms with Gasteiger partial charge in [-0.1, -0.05) is 35.9 Å². The molecular weight excluding hydrogens is 292 g/mol. The minimum absolute atomic E-state index is 0.0865. The maximum atomic E-state index is 11.2. The Hall–Kier alpha value is -2.27. The van der Waals surface area contributed by atoms with Gasteiger partial charge in [0.15, 0.2) is 0 Å². The largest absolute Gasteiger partial charge is 0.496 e. The molecule has 2 aromatic rings. The Morgan fingerprint density at radius 2 is 1.95 bits per heavy atom. The molecule has 2 rings (SSSR count). The van der Waals surface area contributed by atoms with Crippen LogP contribution in [0.15, 0.2) is 42.5 Å². The normalized spacial score (nSPS) is 10.2. The molecule has 0 aromatic heterocycles. The SMILES string of the molecule is COc1ccccc1CN(C)c1cccc(Cl)c1[N+](=O)[O-]. The van der Waals surface area contributed by atoms with Gasteiger partial charge in [0.1, 0.15) is 16.5 Å². The maximum Gasteiger partial charge on any atom is 0.310 e. The Morgan fingerprint density at radius 1 is 1.24 bits per heavy atom. The average molecular weight is 307 g/mol. The minimum atomic E-state index is -0.462. The highest BCUT2D eigenvalue weighted by molar-refractivity contribution is 6.33. The molecule has 0 radical (unpaired) electrons. The lowest BCUT2D eigenvalue weighted by atomic mass is 10.1. The predicted molar refractivity (Wildman–Crippen MR) is 83.2 cm³/mol. The smallest absolute Gasteiger partial charge is 0.310 e. The summed E-state index contributed by atoms with van der Waals surface area (Å²) in [5.74, 6) is 0.744. The molecule has 6 heteroatoms. The Labute approximate surface area is 127 Å². The standard InChI is InChI=1S/C15H15ClN2O3/c1-17(10-11-6-3-4-9-14(11)21-2)13-8-5-7-12(16)15(13)18(19)20/h3-9H,10H2,1-2H3. The fourth-order valence-electron chi connectivity index (χ4n) is 2.17. The highest BCUT2D eigenvalue weighted by atomic mass is 35.5. The Balaban J connectivity index is 2.35. The number of rotatable bonds is 5. The maximum absolute atomic E-state index is 11.2.